The van der Waals surface area contributed by atoms with E-state index in [2.05, 4.69) is 4.90 Å². The Balaban J connectivity index is 1.98. The van der Waals surface area contributed by atoms with Gasteiger partial charge in [-0.1, -0.05) is 54.4 Å². The maximum absolute atomic E-state index is 11.8. The number of ether oxygens (including phenoxy) is 1. The fourth-order valence-electron chi connectivity index (χ4n) is 3.66. The topological polar surface area (TPSA) is 32.7 Å². The molecule has 0 aromatic heterocycles. The third kappa shape index (κ3) is 4.41. The van der Waals surface area contributed by atoms with Crippen molar-refractivity contribution in [3.63, 3.8) is 0 Å². The Morgan fingerprint density at radius 2 is 1.54 bits per heavy atom. The molecule has 2 aromatic carbocycles. The maximum Gasteiger partial charge on any atom is 0.0974 e. The quantitative estimate of drug-likeness (QED) is 0.771. The number of hydrogen-bond acceptors (Lipinski definition) is 3. The van der Waals surface area contributed by atoms with Crippen LogP contribution in [0.1, 0.15) is 30.4 Å². The lowest BCUT2D eigenvalue weighted by Crippen LogP contribution is -2.44. The molecule has 0 unspecified atom stereocenters. The van der Waals surface area contributed by atoms with E-state index in [4.69, 9.17) is 27.9 Å². The molecule has 1 N–H and O–H groups in total. The van der Waals surface area contributed by atoms with E-state index in [1.54, 1.807) is 0 Å². The van der Waals surface area contributed by atoms with E-state index in [0.29, 0.717) is 16.5 Å². The van der Waals surface area contributed by atoms with Gasteiger partial charge in [-0.25, -0.2) is 0 Å². The molecule has 0 bridgehead atoms. The van der Waals surface area contributed by atoms with Gasteiger partial charge in [0.15, 0.2) is 0 Å². The number of hydrogen-bond donors (Lipinski definition) is 1. The summed E-state index contributed by atoms with van der Waals surface area (Å²) >= 11 is 12.1. The highest BCUT2D eigenvalue weighted by atomic mass is 35.5. The molecule has 5 heteroatoms. The number of morpholine rings is 1. The molecule has 2 atom stereocenters. The highest BCUT2D eigenvalue weighted by Crippen LogP contribution is 2.41. The van der Waals surface area contributed by atoms with Gasteiger partial charge in [-0.3, -0.25) is 4.90 Å². The summed E-state index contributed by atoms with van der Waals surface area (Å²) in [5.74, 6) is -0.0796. The Hall–Kier alpha value is -1.10. The molecule has 2 aromatic rings. The Labute approximate surface area is 165 Å². The summed E-state index contributed by atoms with van der Waals surface area (Å²) < 4.78 is 5.48. The fraction of sp³-hybridized carbons (Fsp3) is 0.429. The van der Waals surface area contributed by atoms with Crippen LogP contribution in [0.15, 0.2) is 48.5 Å². The van der Waals surface area contributed by atoms with Crippen LogP contribution in [0.2, 0.25) is 10.0 Å². The Morgan fingerprint density at radius 1 is 1.00 bits per heavy atom. The second kappa shape index (κ2) is 8.73. The Kier molecular flexibility index (Phi) is 6.60. The number of rotatable bonds is 6. The third-order valence-electron chi connectivity index (χ3n) is 5.28. The molecule has 1 saturated heterocycles. The zero-order valence-corrected chi connectivity index (χ0v) is 16.5. The van der Waals surface area contributed by atoms with Crippen molar-refractivity contribution in [2.45, 2.75) is 24.9 Å². The van der Waals surface area contributed by atoms with E-state index >= 15 is 0 Å². The summed E-state index contributed by atoms with van der Waals surface area (Å²) in [5, 5.41) is 13.1. The van der Waals surface area contributed by atoms with Crippen molar-refractivity contribution in [3.8, 4) is 0 Å². The third-order valence-corrected chi connectivity index (χ3v) is 5.78. The van der Waals surface area contributed by atoms with Crippen LogP contribution in [-0.4, -0.2) is 42.9 Å². The number of aliphatic hydroxyl groups is 1. The van der Waals surface area contributed by atoms with Gasteiger partial charge in [0.1, 0.15) is 0 Å². The smallest absolute Gasteiger partial charge is 0.0974 e. The first-order valence-corrected chi connectivity index (χ1v) is 9.82. The van der Waals surface area contributed by atoms with Crippen LogP contribution >= 0.6 is 23.2 Å². The monoisotopic (exact) mass is 393 g/mol. The standard InChI is InChI=1S/C21H25Cl2NO2/c1-2-21(25,17-5-9-19(23)10-6-17)20(15-24-11-13-26-14-12-24)16-3-7-18(22)8-4-16/h3-10,20,25H,2,11-15H2,1H3/t20-,21+/m1/s1. The van der Waals surface area contributed by atoms with Crippen LogP contribution in [-0.2, 0) is 10.3 Å². The summed E-state index contributed by atoms with van der Waals surface area (Å²) in [7, 11) is 0. The van der Waals surface area contributed by atoms with Gasteiger partial charge in [-0.2, -0.15) is 0 Å². The van der Waals surface area contributed by atoms with Crippen LogP contribution in [0.5, 0.6) is 0 Å². The molecular weight excluding hydrogens is 369 g/mol. The summed E-state index contributed by atoms with van der Waals surface area (Å²) in [6.07, 6.45) is 0.603. The van der Waals surface area contributed by atoms with Crippen molar-refractivity contribution in [1.82, 2.24) is 4.90 Å². The van der Waals surface area contributed by atoms with Gasteiger partial charge in [0.05, 0.1) is 18.8 Å². The average molecular weight is 394 g/mol. The lowest BCUT2D eigenvalue weighted by atomic mass is 9.75. The molecule has 1 aliphatic heterocycles. The molecule has 1 fully saturated rings. The van der Waals surface area contributed by atoms with Gasteiger partial charge in [-0.05, 0) is 41.8 Å². The van der Waals surface area contributed by atoms with Crippen LogP contribution in [0.3, 0.4) is 0 Å². The number of benzene rings is 2. The van der Waals surface area contributed by atoms with Gasteiger partial charge in [0.2, 0.25) is 0 Å². The summed E-state index contributed by atoms with van der Waals surface area (Å²) in [6, 6.07) is 15.3. The van der Waals surface area contributed by atoms with E-state index < -0.39 is 5.60 Å². The van der Waals surface area contributed by atoms with Gasteiger partial charge in [-0.15, -0.1) is 0 Å². The van der Waals surface area contributed by atoms with Crippen molar-refractivity contribution >= 4 is 23.2 Å². The van der Waals surface area contributed by atoms with Crippen LogP contribution in [0.25, 0.3) is 0 Å². The van der Waals surface area contributed by atoms with E-state index in [0.717, 1.165) is 44.0 Å². The molecule has 1 heterocycles. The van der Waals surface area contributed by atoms with Crippen molar-refractivity contribution in [3.05, 3.63) is 69.7 Å². The molecule has 0 saturated carbocycles. The van der Waals surface area contributed by atoms with E-state index in [1.165, 1.54) is 0 Å². The van der Waals surface area contributed by atoms with Gasteiger partial charge in [0.25, 0.3) is 0 Å². The molecule has 0 radical (unpaired) electrons. The van der Waals surface area contributed by atoms with Crippen molar-refractivity contribution in [2.75, 3.05) is 32.8 Å². The van der Waals surface area contributed by atoms with Crippen LogP contribution in [0.4, 0.5) is 0 Å². The summed E-state index contributed by atoms with van der Waals surface area (Å²) in [4.78, 5) is 2.36. The van der Waals surface area contributed by atoms with Gasteiger partial charge < -0.3 is 9.84 Å². The number of halogens is 2. The molecule has 0 spiro atoms. The molecule has 26 heavy (non-hydrogen) atoms. The zero-order chi connectivity index (χ0) is 18.6. The van der Waals surface area contributed by atoms with Crippen molar-refractivity contribution in [2.24, 2.45) is 0 Å². The van der Waals surface area contributed by atoms with Crippen molar-refractivity contribution in [1.29, 1.82) is 0 Å². The Bertz CT molecular complexity index is 699. The largest absolute Gasteiger partial charge is 0.384 e. The predicted molar refractivity (Wildman–Crippen MR) is 107 cm³/mol. The normalized spacial score (nSPS) is 19.1. The minimum atomic E-state index is -0.989. The summed E-state index contributed by atoms with van der Waals surface area (Å²) in [5.41, 5.74) is 0.981. The lowest BCUT2D eigenvalue weighted by molar-refractivity contribution is -0.0250. The van der Waals surface area contributed by atoms with Gasteiger partial charge in [0, 0.05) is 35.6 Å². The molecule has 0 aliphatic carbocycles. The fourth-order valence-corrected chi connectivity index (χ4v) is 3.91. The molecular formula is C21H25Cl2NO2. The first-order valence-electron chi connectivity index (χ1n) is 9.07. The van der Waals surface area contributed by atoms with Gasteiger partial charge >= 0.3 is 0 Å². The van der Waals surface area contributed by atoms with E-state index in [9.17, 15) is 5.11 Å². The lowest BCUT2D eigenvalue weighted by Gasteiger charge is -2.40. The SMILES string of the molecule is CC[C@](O)(c1ccc(Cl)cc1)[C@H](CN1CCOCC1)c1ccc(Cl)cc1. The first-order chi connectivity index (χ1) is 12.5. The highest BCUT2D eigenvalue weighted by Gasteiger charge is 2.39. The average Bonchev–Trinajstić information content (AvgIpc) is 2.68. The molecule has 1 aliphatic rings. The Morgan fingerprint density at radius 3 is 2.08 bits per heavy atom. The molecule has 0 amide bonds. The van der Waals surface area contributed by atoms with E-state index in [-0.39, 0.29) is 5.92 Å². The molecule has 3 nitrogen and oxygen atoms in total. The molecule has 3 rings (SSSR count). The minimum Gasteiger partial charge on any atom is -0.384 e. The highest BCUT2D eigenvalue weighted by molar-refractivity contribution is 6.30. The van der Waals surface area contributed by atoms with Crippen LogP contribution in [0, 0.1) is 0 Å². The van der Waals surface area contributed by atoms with Crippen LogP contribution < -0.4 is 0 Å². The summed E-state index contributed by atoms with van der Waals surface area (Å²) in [6.45, 7) is 6.02. The zero-order valence-electron chi connectivity index (χ0n) is 15.0. The predicted octanol–water partition coefficient (Wildman–Crippen LogP) is 4.71. The second-order valence-electron chi connectivity index (χ2n) is 6.80. The maximum atomic E-state index is 11.8. The minimum absolute atomic E-state index is 0.0796. The molecule has 140 valence electrons. The second-order valence-corrected chi connectivity index (χ2v) is 7.67. The number of nitrogens with zero attached hydrogens (tertiary/aromatic N) is 1. The van der Waals surface area contributed by atoms with E-state index in [1.807, 2.05) is 55.5 Å². The first kappa shape index (κ1) is 19.7. The van der Waals surface area contributed by atoms with Crippen molar-refractivity contribution < 1.29 is 9.84 Å².